The molecule has 1 amide bonds. The second-order valence-corrected chi connectivity index (χ2v) is 5.52. The molecular formula is C15H21N3O2. The molecule has 5 heteroatoms. The first kappa shape index (κ1) is 13.4. The highest BCUT2D eigenvalue weighted by Crippen LogP contribution is 2.31. The molecule has 0 spiro atoms. The van der Waals surface area contributed by atoms with Crippen molar-refractivity contribution in [3.8, 4) is 0 Å². The number of hydrogen-bond donors (Lipinski definition) is 1. The lowest BCUT2D eigenvalue weighted by Gasteiger charge is -2.55. The van der Waals surface area contributed by atoms with Gasteiger partial charge in [-0.15, -0.1) is 0 Å². The number of amides is 1. The van der Waals surface area contributed by atoms with E-state index < -0.39 is 0 Å². The standard InChI is InChI=1S/C15H21N3O2/c16-6-7-18-13-8-14(18)10-17(9-13)15(19)20-11-12-4-2-1-3-5-12/h1-5,13-14H,6-11,16H2. The molecule has 108 valence electrons. The third-order valence-electron chi connectivity index (χ3n) is 4.20. The molecular weight excluding hydrogens is 254 g/mol. The molecule has 3 fully saturated rings. The van der Waals surface area contributed by atoms with Gasteiger partial charge in [0.1, 0.15) is 6.61 Å². The fraction of sp³-hybridized carbons (Fsp3) is 0.533. The van der Waals surface area contributed by atoms with Crippen LogP contribution < -0.4 is 5.73 Å². The van der Waals surface area contributed by atoms with E-state index in [9.17, 15) is 4.79 Å². The zero-order chi connectivity index (χ0) is 13.9. The van der Waals surface area contributed by atoms with Gasteiger partial charge >= 0.3 is 6.09 Å². The Hall–Kier alpha value is -1.59. The van der Waals surface area contributed by atoms with Gasteiger partial charge in [-0.1, -0.05) is 30.3 Å². The average Bonchev–Trinajstić information content (AvgIpc) is 2.51. The van der Waals surface area contributed by atoms with Crippen LogP contribution in [0.5, 0.6) is 0 Å². The maximum atomic E-state index is 12.1. The van der Waals surface area contributed by atoms with Gasteiger partial charge < -0.3 is 15.4 Å². The zero-order valence-corrected chi connectivity index (χ0v) is 11.6. The van der Waals surface area contributed by atoms with E-state index in [1.54, 1.807) is 0 Å². The molecule has 0 radical (unpaired) electrons. The zero-order valence-electron chi connectivity index (χ0n) is 11.6. The van der Waals surface area contributed by atoms with E-state index >= 15 is 0 Å². The van der Waals surface area contributed by atoms with Crippen molar-refractivity contribution in [3.05, 3.63) is 35.9 Å². The summed E-state index contributed by atoms with van der Waals surface area (Å²) >= 11 is 0. The summed E-state index contributed by atoms with van der Waals surface area (Å²) in [6.45, 7) is 3.50. The van der Waals surface area contributed by atoms with Gasteiger partial charge in [0.15, 0.2) is 0 Å². The largest absolute Gasteiger partial charge is 0.445 e. The topological polar surface area (TPSA) is 58.8 Å². The summed E-state index contributed by atoms with van der Waals surface area (Å²) in [5.41, 5.74) is 6.62. The number of hydrogen-bond acceptors (Lipinski definition) is 4. The van der Waals surface area contributed by atoms with Crippen molar-refractivity contribution in [2.24, 2.45) is 5.73 Å². The number of fused-ring (bicyclic) bond motifs is 2. The first-order valence-electron chi connectivity index (χ1n) is 7.19. The molecule has 1 aromatic rings. The highest BCUT2D eigenvalue weighted by molar-refractivity contribution is 5.68. The number of carbonyl (C=O) groups excluding carboxylic acids is 1. The molecule has 3 aliphatic heterocycles. The maximum absolute atomic E-state index is 12.1. The van der Waals surface area contributed by atoms with Gasteiger partial charge in [0.05, 0.1) is 0 Å². The van der Waals surface area contributed by atoms with Crippen LogP contribution in [0.1, 0.15) is 12.0 Å². The molecule has 3 saturated heterocycles. The summed E-state index contributed by atoms with van der Waals surface area (Å²) in [5, 5.41) is 0. The van der Waals surface area contributed by atoms with E-state index in [-0.39, 0.29) is 6.09 Å². The Balaban J connectivity index is 1.48. The fourth-order valence-corrected chi connectivity index (χ4v) is 3.16. The molecule has 2 unspecified atom stereocenters. The lowest BCUT2D eigenvalue weighted by atomic mass is 9.87. The van der Waals surface area contributed by atoms with Gasteiger partial charge in [0.2, 0.25) is 0 Å². The Morgan fingerprint density at radius 2 is 1.95 bits per heavy atom. The SMILES string of the molecule is NCCN1C2CC1CN(C(=O)OCc1ccccc1)C2. The minimum atomic E-state index is -0.198. The first-order chi connectivity index (χ1) is 9.78. The van der Waals surface area contributed by atoms with Crippen LogP contribution in [-0.2, 0) is 11.3 Å². The lowest BCUT2D eigenvalue weighted by Crippen LogP contribution is -2.69. The van der Waals surface area contributed by atoms with E-state index in [4.69, 9.17) is 10.5 Å². The smallest absolute Gasteiger partial charge is 0.410 e. The van der Waals surface area contributed by atoms with E-state index in [0.29, 0.717) is 25.2 Å². The summed E-state index contributed by atoms with van der Waals surface area (Å²) in [6.07, 6.45) is 0.985. The van der Waals surface area contributed by atoms with E-state index in [0.717, 1.165) is 25.2 Å². The summed E-state index contributed by atoms with van der Waals surface area (Å²) in [6, 6.07) is 10.7. The predicted molar refractivity (Wildman–Crippen MR) is 76.2 cm³/mol. The number of rotatable bonds is 4. The summed E-state index contributed by atoms with van der Waals surface area (Å²) in [5.74, 6) is 0. The number of piperidine rings is 1. The monoisotopic (exact) mass is 275 g/mol. The molecule has 0 aliphatic carbocycles. The Morgan fingerprint density at radius 3 is 2.60 bits per heavy atom. The summed E-state index contributed by atoms with van der Waals surface area (Å²) in [4.78, 5) is 16.3. The Kier molecular flexibility index (Phi) is 3.89. The Labute approximate surface area is 119 Å². The van der Waals surface area contributed by atoms with Crippen molar-refractivity contribution in [1.82, 2.24) is 9.80 Å². The van der Waals surface area contributed by atoms with Gasteiger partial charge in [0.25, 0.3) is 0 Å². The third-order valence-corrected chi connectivity index (χ3v) is 4.20. The first-order valence-corrected chi connectivity index (χ1v) is 7.19. The molecule has 0 saturated carbocycles. The van der Waals surface area contributed by atoms with Gasteiger partial charge in [-0.2, -0.15) is 0 Å². The van der Waals surface area contributed by atoms with Crippen molar-refractivity contribution in [3.63, 3.8) is 0 Å². The molecule has 3 heterocycles. The van der Waals surface area contributed by atoms with Gasteiger partial charge in [-0.25, -0.2) is 4.79 Å². The second kappa shape index (κ2) is 5.81. The molecule has 0 aromatic heterocycles. The quantitative estimate of drug-likeness (QED) is 0.892. The van der Waals surface area contributed by atoms with Crippen LogP contribution >= 0.6 is 0 Å². The van der Waals surface area contributed by atoms with E-state index in [1.165, 1.54) is 6.42 Å². The molecule has 2 N–H and O–H groups in total. The lowest BCUT2D eigenvalue weighted by molar-refractivity contribution is -0.0627. The summed E-state index contributed by atoms with van der Waals surface area (Å²) < 4.78 is 5.38. The van der Waals surface area contributed by atoms with Gasteiger partial charge in [0, 0.05) is 38.3 Å². The van der Waals surface area contributed by atoms with E-state index in [1.807, 2.05) is 35.2 Å². The Morgan fingerprint density at radius 1 is 1.25 bits per heavy atom. The highest BCUT2D eigenvalue weighted by atomic mass is 16.6. The van der Waals surface area contributed by atoms with Crippen LogP contribution in [0.25, 0.3) is 0 Å². The summed E-state index contributed by atoms with van der Waals surface area (Å²) in [7, 11) is 0. The molecule has 5 nitrogen and oxygen atoms in total. The van der Waals surface area contributed by atoms with Crippen molar-refractivity contribution < 1.29 is 9.53 Å². The maximum Gasteiger partial charge on any atom is 0.410 e. The van der Waals surface area contributed by atoms with Crippen molar-refractivity contribution >= 4 is 6.09 Å². The van der Waals surface area contributed by atoms with Crippen LogP contribution in [0.2, 0.25) is 0 Å². The normalized spacial score (nSPS) is 25.1. The number of ether oxygens (including phenoxy) is 1. The molecule has 2 bridgehead atoms. The molecule has 1 aromatic carbocycles. The third kappa shape index (κ3) is 2.64. The van der Waals surface area contributed by atoms with E-state index in [2.05, 4.69) is 4.90 Å². The molecule has 4 rings (SSSR count). The fourth-order valence-electron chi connectivity index (χ4n) is 3.16. The Bertz CT molecular complexity index is 453. The number of piperazine rings is 1. The minimum absolute atomic E-state index is 0.198. The molecule has 20 heavy (non-hydrogen) atoms. The van der Waals surface area contributed by atoms with Crippen molar-refractivity contribution in [1.29, 1.82) is 0 Å². The van der Waals surface area contributed by atoms with Crippen LogP contribution in [-0.4, -0.2) is 54.2 Å². The highest BCUT2D eigenvalue weighted by Gasteiger charge is 2.45. The second-order valence-electron chi connectivity index (χ2n) is 5.52. The van der Waals surface area contributed by atoms with Crippen LogP contribution in [0, 0.1) is 0 Å². The van der Waals surface area contributed by atoms with Crippen LogP contribution in [0.4, 0.5) is 4.79 Å². The molecule has 2 atom stereocenters. The van der Waals surface area contributed by atoms with Crippen molar-refractivity contribution in [2.45, 2.75) is 25.1 Å². The van der Waals surface area contributed by atoms with Crippen molar-refractivity contribution in [2.75, 3.05) is 26.2 Å². The number of nitrogens with two attached hydrogens (primary N) is 1. The number of benzene rings is 1. The van der Waals surface area contributed by atoms with Crippen LogP contribution in [0.3, 0.4) is 0 Å². The van der Waals surface area contributed by atoms with Crippen LogP contribution in [0.15, 0.2) is 30.3 Å². The minimum Gasteiger partial charge on any atom is -0.445 e. The number of nitrogens with zero attached hydrogens (tertiary/aromatic N) is 2. The molecule has 3 aliphatic rings. The van der Waals surface area contributed by atoms with Gasteiger partial charge in [-0.05, 0) is 12.0 Å². The van der Waals surface area contributed by atoms with Gasteiger partial charge in [-0.3, -0.25) is 4.90 Å². The average molecular weight is 275 g/mol. The predicted octanol–water partition coefficient (Wildman–Crippen LogP) is 1.04. The number of carbonyl (C=O) groups is 1.